The molecule has 1 rings (SSSR count). The lowest BCUT2D eigenvalue weighted by atomic mass is 10.3. The van der Waals surface area contributed by atoms with Gasteiger partial charge in [0.05, 0.1) is 7.11 Å². The highest BCUT2D eigenvalue weighted by molar-refractivity contribution is 5.38. The molecule has 4 heteroatoms. The maximum Gasteiger partial charge on any atom is 0.215 e. The van der Waals surface area contributed by atoms with Crippen molar-refractivity contribution in [2.45, 2.75) is 6.92 Å². The van der Waals surface area contributed by atoms with Crippen LogP contribution in [0.25, 0.3) is 0 Å². The number of rotatable bonds is 1. The van der Waals surface area contributed by atoms with Gasteiger partial charge in [0.15, 0.2) is 11.6 Å². The van der Waals surface area contributed by atoms with E-state index >= 15 is 0 Å². The van der Waals surface area contributed by atoms with Crippen LogP contribution in [0.1, 0.15) is 5.56 Å². The zero-order valence-corrected chi connectivity index (χ0v) is 6.39. The third kappa shape index (κ3) is 1.39. The monoisotopic (exact) mass is 156 g/mol. The molecule has 0 saturated heterocycles. The number of anilines is 1. The summed E-state index contributed by atoms with van der Waals surface area (Å²) in [5.41, 5.74) is 5.67. The van der Waals surface area contributed by atoms with Crippen molar-refractivity contribution in [2.75, 3.05) is 12.8 Å². The van der Waals surface area contributed by atoms with Crippen LogP contribution < -0.4 is 10.5 Å². The lowest BCUT2D eigenvalue weighted by molar-refractivity contribution is 0.396. The maximum atomic E-state index is 12.8. The molecule has 11 heavy (non-hydrogen) atoms. The van der Waals surface area contributed by atoms with E-state index < -0.39 is 5.82 Å². The van der Waals surface area contributed by atoms with Crippen molar-refractivity contribution in [3.05, 3.63) is 17.4 Å². The largest absolute Gasteiger partial charge is 0.481 e. The molecule has 1 heterocycles. The molecule has 1 aromatic rings. The first-order valence-corrected chi connectivity index (χ1v) is 3.11. The van der Waals surface area contributed by atoms with Crippen LogP contribution in [0.2, 0.25) is 0 Å². The van der Waals surface area contributed by atoms with Gasteiger partial charge in [-0.05, 0) is 12.5 Å². The zero-order valence-electron chi connectivity index (χ0n) is 6.39. The van der Waals surface area contributed by atoms with E-state index in [9.17, 15) is 4.39 Å². The molecule has 0 bridgehead atoms. The Labute approximate surface area is 64.0 Å². The SMILES string of the molecule is COc1cc(C)c(F)c(N)n1. The van der Waals surface area contributed by atoms with E-state index in [1.54, 1.807) is 6.92 Å². The van der Waals surface area contributed by atoms with Crippen LogP contribution in [-0.4, -0.2) is 12.1 Å². The van der Waals surface area contributed by atoms with Gasteiger partial charge in [-0.2, -0.15) is 4.98 Å². The van der Waals surface area contributed by atoms with Crippen LogP contribution in [0, 0.1) is 12.7 Å². The summed E-state index contributed by atoms with van der Waals surface area (Å²) in [6.07, 6.45) is 0. The molecule has 0 aliphatic rings. The molecule has 0 aromatic carbocycles. The molecular weight excluding hydrogens is 147 g/mol. The van der Waals surface area contributed by atoms with Crippen molar-refractivity contribution in [1.82, 2.24) is 4.98 Å². The number of nitrogens with zero attached hydrogens (tertiary/aromatic N) is 1. The van der Waals surface area contributed by atoms with Gasteiger partial charge in [0, 0.05) is 6.07 Å². The summed E-state index contributed by atoms with van der Waals surface area (Å²) >= 11 is 0. The summed E-state index contributed by atoms with van der Waals surface area (Å²) in [7, 11) is 1.46. The highest BCUT2D eigenvalue weighted by Crippen LogP contribution is 2.17. The lowest BCUT2D eigenvalue weighted by Crippen LogP contribution is -1.99. The summed E-state index contributed by atoms with van der Waals surface area (Å²) in [6, 6.07) is 1.49. The van der Waals surface area contributed by atoms with Gasteiger partial charge in [0.25, 0.3) is 0 Å². The van der Waals surface area contributed by atoms with Crippen molar-refractivity contribution >= 4 is 5.82 Å². The highest BCUT2D eigenvalue weighted by Gasteiger charge is 2.05. The quantitative estimate of drug-likeness (QED) is 0.662. The van der Waals surface area contributed by atoms with Gasteiger partial charge in [0.1, 0.15) is 0 Å². The number of pyridine rings is 1. The molecule has 0 fully saturated rings. The summed E-state index contributed by atoms with van der Waals surface area (Å²) in [5, 5.41) is 0. The van der Waals surface area contributed by atoms with Crippen molar-refractivity contribution in [3.63, 3.8) is 0 Å². The summed E-state index contributed by atoms with van der Waals surface area (Å²) in [4.78, 5) is 3.63. The topological polar surface area (TPSA) is 48.1 Å². The van der Waals surface area contributed by atoms with Gasteiger partial charge in [0.2, 0.25) is 5.88 Å². The number of aromatic nitrogens is 1. The minimum atomic E-state index is -0.481. The summed E-state index contributed by atoms with van der Waals surface area (Å²) in [6.45, 7) is 1.61. The van der Waals surface area contributed by atoms with Crippen LogP contribution >= 0.6 is 0 Å². The van der Waals surface area contributed by atoms with Crippen molar-refractivity contribution in [2.24, 2.45) is 0 Å². The Bertz CT molecular complexity index is 252. The lowest BCUT2D eigenvalue weighted by Gasteiger charge is -2.02. The molecular formula is C7H9FN2O. The number of hydrogen-bond acceptors (Lipinski definition) is 3. The van der Waals surface area contributed by atoms with E-state index in [4.69, 9.17) is 10.5 Å². The predicted molar refractivity (Wildman–Crippen MR) is 39.9 cm³/mol. The third-order valence-corrected chi connectivity index (χ3v) is 1.35. The van der Waals surface area contributed by atoms with Crippen LogP contribution in [0.3, 0.4) is 0 Å². The maximum absolute atomic E-state index is 12.8. The second-order valence-electron chi connectivity index (χ2n) is 2.18. The normalized spacial score (nSPS) is 9.73. The molecule has 0 aliphatic carbocycles. The Morgan fingerprint density at radius 3 is 2.73 bits per heavy atom. The van der Waals surface area contributed by atoms with E-state index in [2.05, 4.69) is 4.98 Å². The van der Waals surface area contributed by atoms with Gasteiger partial charge in [-0.1, -0.05) is 0 Å². The van der Waals surface area contributed by atoms with E-state index in [1.807, 2.05) is 0 Å². The Kier molecular flexibility index (Phi) is 1.94. The molecule has 2 N–H and O–H groups in total. The molecule has 0 atom stereocenters. The molecule has 0 spiro atoms. The minimum Gasteiger partial charge on any atom is -0.481 e. The van der Waals surface area contributed by atoms with Crippen LogP contribution in [0.15, 0.2) is 6.07 Å². The molecule has 0 aliphatic heterocycles. The standard InChI is InChI=1S/C7H9FN2O/c1-4-3-5(11-2)10-7(9)6(4)8/h3H,1-2H3,(H2,9,10). The first-order chi connectivity index (χ1) is 5.15. The number of nitrogen functional groups attached to an aromatic ring is 1. The van der Waals surface area contributed by atoms with Gasteiger partial charge in [-0.25, -0.2) is 4.39 Å². The van der Waals surface area contributed by atoms with Gasteiger partial charge in [-0.3, -0.25) is 0 Å². The fraction of sp³-hybridized carbons (Fsp3) is 0.286. The fourth-order valence-electron chi connectivity index (χ4n) is 0.755. The molecule has 0 unspecified atom stereocenters. The molecule has 1 aromatic heterocycles. The van der Waals surface area contributed by atoms with E-state index in [1.165, 1.54) is 13.2 Å². The van der Waals surface area contributed by atoms with Crippen molar-refractivity contribution < 1.29 is 9.13 Å². The Morgan fingerprint density at radius 2 is 2.27 bits per heavy atom. The van der Waals surface area contributed by atoms with E-state index in [0.717, 1.165) is 0 Å². The average molecular weight is 156 g/mol. The Hall–Kier alpha value is -1.32. The van der Waals surface area contributed by atoms with Gasteiger partial charge in [-0.15, -0.1) is 0 Å². The number of halogens is 1. The van der Waals surface area contributed by atoms with Crippen LogP contribution in [0.5, 0.6) is 5.88 Å². The summed E-state index contributed by atoms with van der Waals surface area (Å²) < 4.78 is 17.6. The molecule has 0 amide bonds. The third-order valence-electron chi connectivity index (χ3n) is 1.35. The van der Waals surface area contributed by atoms with Gasteiger partial charge < -0.3 is 10.5 Å². The highest BCUT2D eigenvalue weighted by atomic mass is 19.1. The first kappa shape index (κ1) is 7.78. The Balaban J connectivity index is 3.21. The fourth-order valence-corrected chi connectivity index (χ4v) is 0.755. The first-order valence-electron chi connectivity index (χ1n) is 3.11. The summed E-state index contributed by atoms with van der Waals surface area (Å²) in [5.74, 6) is -0.269. The predicted octanol–water partition coefficient (Wildman–Crippen LogP) is 1.12. The molecule has 0 saturated carbocycles. The average Bonchev–Trinajstić information content (AvgIpc) is 1.99. The number of hydrogen-bond donors (Lipinski definition) is 1. The number of methoxy groups -OCH3 is 1. The molecule has 3 nitrogen and oxygen atoms in total. The van der Waals surface area contributed by atoms with Crippen molar-refractivity contribution in [3.8, 4) is 5.88 Å². The number of nitrogens with two attached hydrogens (primary N) is 1. The molecule has 60 valence electrons. The Morgan fingerprint density at radius 1 is 1.64 bits per heavy atom. The zero-order chi connectivity index (χ0) is 8.43. The van der Waals surface area contributed by atoms with Crippen molar-refractivity contribution in [1.29, 1.82) is 0 Å². The molecule has 0 radical (unpaired) electrons. The van der Waals surface area contributed by atoms with E-state index in [-0.39, 0.29) is 5.82 Å². The second kappa shape index (κ2) is 2.74. The number of aryl methyl sites for hydroxylation is 1. The minimum absolute atomic E-state index is 0.123. The van der Waals surface area contributed by atoms with Crippen LogP contribution in [-0.2, 0) is 0 Å². The second-order valence-corrected chi connectivity index (χ2v) is 2.18. The van der Waals surface area contributed by atoms with Crippen LogP contribution in [0.4, 0.5) is 10.2 Å². The van der Waals surface area contributed by atoms with Gasteiger partial charge >= 0.3 is 0 Å². The smallest absolute Gasteiger partial charge is 0.215 e. The number of ether oxygens (including phenoxy) is 1. The van der Waals surface area contributed by atoms with E-state index in [0.29, 0.717) is 11.4 Å².